The maximum Gasteiger partial charge on any atom is 0.138 e. The lowest BCUT2D eigenvalue weighted by Gasteiger charge is -2.05. The first-order valence-electron chi connectivity index (χ1n) is 6.55. The molecule has 2 aromatic heterocycles. The average molecular weight is 284 g/mol. The van der Waals surface area contributed by atoms with E-state index in [2.05, 4.69) is 22.4 Å². The molecule has 3 aromatic rings. The number of hydrogen-bond acceptors (Lipinski definition) is 4. The highest BCUT2D eigenvalue weighted by Gasteiger charge is 2.02. The molecular formula is C16H16N2OS. The van der Waals surface area contributed by atoms with Crippen LogP contribution in [0.1, 0.15) is 9.75 Å². The van der Waals surface area contributed by atoms with Crippen LogP contribution in [-0.4, -0.2) is 12.0 Å². The molecule has 4 heteroatoms. The second-order valence-corrected chi connectivity index (χ2v) is 5.80. The number of nitrogens with zero attached hydrogens (tertiary/aromatic N) is 1. The number of aromatic nitrogens is 1. The number of ether oxygens (including phenoxy) is 1. The lowest BCUT2D eigenvalue weighted by molar-refractivity contribution is 0.309. The van der Waals surface area contributed by atoms with Crippen LogP contribution in [0.4, 0.5) is 0 Å². The van der Waals surface area contributed by atoms with Crippen LogP contribution in [0.3, 0.4) is 0 Å². The fourth-order valence-corrected chi connectivity index (χ4v) is 3.00. The van der Waals surface area contributed by atoms with Gasteiger partial charge in [-0.05, 0) is 31.3 Å². The minimum atomic E-state index is 0.592. The molecule has 0 aliphatic heterocycles. The fraction of sp³-hybridized carbons (Fsp3) is 0.188. The second-order valence-electron chi connectivity index (χ2n) is 4.55. The maximum atomic E-state index is 5.82. The molecule has 0 unspecified atom stereocenters. The summed E-state index contributed by atoms with van der Waals surface area (Å²) >= 11 is 1.77. The molecule has 0 bridgehead atoms. The van der Waals surface area contributed by atoms with Crippen LogP contribution >= 0.6 is 11.3 Å². The minimum Gasteiger partial charge on any atom is -0.486 e. The predicted octanol–water partition coefficient (Wildman–Crippen LogP) is 3.59. The van der Waals surface area contributed by atoms with Crippen LogP contribution in [0.2, 0.25) is 0 Å². The van der Waals surface area contributed by atoms with Gasteiger partial charge in [-0.15, -0.1) is 11.3 Å². The van der Waals surface area contributed by atoms with Gasteiger partial charge in [-0.2, -0.15) is 0 Å². The summed E-state index contributed by atoms with van der Waals surface area (Å²) in [7, 11) is 1.96. The number of thiophene rings is 1. The van der Waals surface area contributed by atoms with Gasteiger partial charge in [0.1, 0.15) is 12.4 Å². The van der Waals surface area contributed by atoms with Gasteiger partial charge in [-0.1, -0.05) is 18.2 Å². The van der Waals surface area contributed by atoms with E-state index in [0.29, 0.717) is 6.61 Å². The molecule has 3 rings (SSSR count). The highest BCUT2D eigenvalue weighted by atomic mass is 32.1. The molecule has 2 heterocycles. The first-order chi connectivity index (χ1) is 9.85. The van der Waals surface area contributed by atoms with E-state index in [0.717, 1.165) is 23.2 Å². The van der Waals surface area contributed by atoms with Gasteiger partial charge < -0.3 is 10.1 Å². The maximum absolute atomic E-state index is 5.82. The van der Waals surface area contributed by atoms with E-state index < -0.39 is 0 Å². The van der Waals surface area contributed by atoms with E-state index in [9.17, 15) is 0 Å². The van der Waals surface area contributed by atoms with Gasteiger partial charge in [0.2, 0.25) is 0 Å². The summed E-state index contributed by atoms with van der Waals surface area (Å²) < 4.78 is 5.82. The third kappa shape index (κ3) is 2.98. The number of hydrogen-bond donors (Lipinski definition) is 1. The van der Waals surface area contributed by atoms with Crippen molar-refractivity contribution in [1.29, 1.82) is 0 Å². The van der Waals surface area contributed by atoms with Crippen molar-refractivity contribution >= 4 is 22.2 Å². The van der Waals surface area contributed by atoms with Crippen LogP contribution in [0.25, 0.3) is 10.9 Å². The first kappa shape index (κ1) is 13.1. The molecule has 20 heavy (non-hydrogen) atoms. The molecule has 102 valence electrons. The van der Waals surface area contributed by atoms with Crippen LogP contribution in [0.5, 0.6) is 5.75 Å². The number of benzene rings is 1. The van der Waals surface area contributed by atoms with Gasteiger partial charge in [0, 0.05) is 21.7 Å². The molecule has 0 saturated carbocycles. The van der Waals surface area contributed by atoms with Crippen molar-refractivity contribution in [2.24, 2.45) is 0 Å². The second kappa shape index (κ2) is 6.03. The van der Waals surface area contributed by atoms with Crippen molar-refractivity contribution in [2.45, 2.75) is 13.2 Å². The largest absolute Gasteiger partial charge is 0.486 e. The number of rotatable bonds is 5. The van der Waals surface area contributed by atoms with Crippen LogP contribution in [0, 0.1) is 0 Å². The molecular weight excluding hydrogens is 268 g/mol. The summed E-state index contributed by atoms with van der Waals surface area (Å²) in [4.78, 5) is 6.94. The quantitative estimate of drug-likeness (QED) is 0.777. The lowest BCUT2D eigenvalue weighted by atomic mass is 10.2. The van der Waals surface area contributed by atoms with E-state index in [4.69, 9.17) is 4.74 Å². The Kier molecular flexibility index (Phi) is 3.95. The van der Waals surface area contributed by atoms with E-state index >= 15 is 0 Å². The van der Waals surface area contributed by atoms with Crippen molar-refractivity contribution in [1.82, 2.24) is 10.3 Å². The molecule has 0 aliphatic rings. The zero-order valence-electron chi connectivity index (χ0n) is 11.3. The summed E-state index contributed by atoms with van der Waals surface area (Å²) in [5.41, 5.74) is 0.993. The molecule has 0 saturated heterocycles. The van der Waals surface area contributed by atoms with E-state index in [1.807, 2.05) is 37.4 Å². The van der Waals surface area contributed by atoms with Crippen LogP contribution in [0.15, 0.2) is 48.7 Å². The minimum absolute atomic E-state index is 0.592. The van der Waals surface area contributed by atoms with Gasteiger partial charge in [0.25, 0.3) is 0 Å². The van der Waals surface area contributed by atoms with Gasteiger partial charge in [0.15, 0.2) is 0 Å². The fourth-order valence-electron chi connectivity index (χ4n) is 2.05. The van der Waals surface area contributed by atoms with Gasteiger partial charge in [-0.25, -0.2) is 0 Å². The predicted molar refractivity (Wildman–Crippen MR) is 83.2 cm³/mol. The Labute approximate surface area is 122 Å². The van der Waals surface area contributed by atoms with Crippen molar-refractivity contribution in [3.63, 3.8) is 0 Å². The van der Waals surface area contributed by atoms with Gasteiger partial charge >= 0.3 is 0 Å². The number of fused-ring (bicyclic) bond motifs is 1. The number of nitrogens with one attached hydrogen (secondary N) is 1. The van der Waals surface area contributed by atoms with E-state index in [1.54, 1.807) is 17.5 Å². The zero-order chi connectivity index (χ0) is 13.8. The zero-order valence-corrected chi connectivity index (χ0v) is 12.1. The third-order valence-corrected chi connectivity index (χ3v) is 4.07. The van der Waals surface area contributed by atoms with Crippen molar-refractivity contribution in [3.8, 4) is 5.75 Å². The van der Waals surface area contributed by atoms with E-state index in [-0.39, 0.29) is 0 Å². The monoisotopic (exact) mass is 284 g/mol. The Morgan fingerprint density at radius 3 is 2.90 bits per heavy atom. The lowest BCUT2D eigenvalue weighted by Crippen LogP contribution is -2.02. The first-order valence-corrected chi connectivity index (χ1v) is 7.36. The molecule has 0 amide bonds. The average Bonchev–Trinajstić information content (AvgIpc) is 2.93. The standard InChI is InChI=1S/C16H16N2OS/c1-17-10-14-6-7-15(20-14)11-19-13-8-12-4-2-3-5-16(12)18-9-13/h2-9,17H,10-11H2,1H3. The highest BCUT2D eigenvalue weighted by molar-refractivity contribution is 7.11. The molecule has 1 aromatic carbocycles. The molecule has 3 nitrogen and oxygen atoms in total. The Morgan fingerprint density at radius 2 is 2.00 bits per heavy atom. The van der Waals surface area contributed by atoms with Crippen molar-refractivity contribution in [3.05, 3.63) is 58.4 Å². The van der Waals surface area contributed by atoms with Crippen molar-refractivity contribution in [2.75, 3.05) is 7.05 Å². The summed E-state index contributed by atoms with van der Waals surface area (Å²) in [6.45, 7) is 1.50. The number of para-hydroxylation sites is 1. The Bertz CT molecular complexity index is 708. The summed E-state index contributed by atoms with van der Waals surface area (Å²) in [5, 5.41) is 4.25. The molecule has 0 fully saturated rings. The van der Waals surface area contributed by atoms with Gasteiger partial charge in [-0.3, -0.25) is 4.98 Å². The molecule has 0 radical (unpaired) electrons. The molecule has 0 atom stereocenters. The van der Waals surface area contributed by atoms with Crippen LogP contribution < -0.4 is 10.1 Å². The summed E-state index contributed by atoms with van der Waals surface area (Å²) in [6, 6.07) is 14.3. The molecule has 0 spiro atoms. The number of pyridine rings is 1. The smallest absolute Gasteiger partial charge is 0.138 e. The Balaban J connectivity index is 1.69. The topological polar surface area (TPSA) is 34.1 Å². The SMILES string of the molecule is CNCc1ccc(COc2cnc3ccccc3c2)s1. The summed E-state index contributed by atoms with van der Waals surface area (Å²) in [5.74, 6) is 0.812. The third-order valence-electron chi connectivity index (χ3n) is 3.01. The normalized spacial score (nSPS) is 10.8. The molecule has 1 N–H and O–H groups in total. The summed E-state index contributed by atoms with van der Waals surface area (Å²) in [6.07, 6.45) is 1.78. The van der Waals surface area contributed by atoms with Gasteiger partial charge in [0.05, 0.1) is 11.7 Å². The van der Waals surface area contributed by atoms with Crippen molar-refractivity contribution < 1.29 is 4.74 Å². The van der Waals surface area contributed by atoms with E-state index in [1.165, 1.54) is 9.75 Å². The van der Waals surface area contributed by atoms with Crippen LogP contribution in [-0.2, 0) is 13.2 Å². The Morgan fingerprint density at radius 1 is 1.15 bits per heavy atom. The highest BCUT2D eigenvalue weighted by Crippen LogP contribution is 2.21. The Hall–Kier alpha value is -1.91. The molecule has 0 aliphatic carbocycles.